The smallest absolute Gasteiger partial charge is 0.387 e. The van der Waals surface area contributed by atoms with Crippen molar-refractivity contribution in [3.05, 3.63) is 65.0 Å². The van der Waals surface area contributed by atoms with E-state index in [1.165, 1.54) is 16.8 Å². The SMILES string of the molecule is Cc1ccc(CN2CCSCC2)cc1NC(=O)c1nnn(-c2ccc(OC(F)F)cc2)c1C. The number of benzene rings is 2. The van der Waals surface area contributed by atoms with Crippen LogP contribution in [0.2, 0.25) is 0 Å². The van der Waals surface area contributed by atoms with Crippen LogP contribution in [0.25, 0.3) is 5.69 Å². The summed E-state index contributed by atoms with van der Waals surface area (Å²) in [4.78, 5) is 15.4. The first-order valence-corrected chi connectivity index (χ1v) is 11.7. The van der Waals surface area contributed by atoms with Crippen molar-refractivity contribution in [3.8, 4) is 11.4 Å². The van der Waals surface area contributed by atoms with Gasteiger partial charge in [-0.25, -0.2) is 4.68 Å². The first kappa shape index (κ1) is 23.2. The molecule has 2 heterocycles. The summed E-state index contributed by atoms with van der Waals surface area (Å²) in [7, 11) is 0. The molecule has 2 aromatic carbocycles. The van der Waals surface area contributed by atoms with Crippen LogP contribution in [0.5, 0.6) is 5.75 Å². The third-order valence-electron chi connectivity index (χ3n) is 5.48. The molecular formula is C23H25F2N5O2S. The highest BCUT2D eigenvalue weighted by atomic mass is 32.2. The number of thioether (sulfide) groups is 1. The van der Waals surface area contributed by atoms with Gasteiger partial charge in [0.05, 0.1) is 11.4 Å². The molecule has 10 heteroatoms. The first-order chi connectivity index (χ1) is 15.9. The van der Waals surface area contributed by atoms with Crippen LogP contribution >= 0.6 is 11.8 Å². The van der Waals surface area contributed by atoms with Crippen LogP contribution in [-0.2, 0) is 6.54 Å². The third-order valence-corrected chi connectivity index (χ3v) is 6.42. The number of nitrogens with one attached hydrogen (secondary N) is 1. The maximum absolute atomic E-state index is 13.0. The van der Waals surface area contributed by atoms with Gasteiger partial charge in [0.25, 0.3) is 5.91 Å². The highest BCUT2D eigenvalue weighted by Gasteiger charge is 2.19. The summed E-state index contributed by atoms with van der Waals surface area (Å²) >= 11 is 1.98. The van der Waals surface area contributed by atoms with Crippen molar-refractivity contribution in [2.75, 3.05) is 29.9 Å². The lowest BCUT2D eigenvalue weighted by atomic mass is 10.1. The van der Waals surface area contributed by atoms with Gasteiger partial charge in [-0.05, 0) is 55.3 Å². The van der Waals surface area contributed by atoms with E-state index in [4.69, 9.17) is 0 Å². The Morgan fingerprint density at radius 1 is 1.15 bits per heavy atom. The number of hydrogen-bond acceptors (Lipinski definition) is 6. The topological polar surface area (TPSA) is 72.3 Å². The number of alkyl halides is 2. The number of anilines is 1. The zero-order valence-electron chi connectivity index (χ0n) is 18.4. The molecule has 0 saturated carbocycles. The predicted octanol–water partition coefficient (Wildman–Crippen LogP) is 4.29. The molecule has 1 N–H and O–H groups in total. The number of carbonyl (C=O) groups excluding carboxylic acids is 1. The number of aryl methyl sites for hydroxylation is 1. The Labute approximate surface area is 195 Å². The molecular weight excluding hydrogens is 448 g/mol. The lowest BCUT2D eigenvalue weighted by Crippen LogP contribution is -2.32. The maximum Gasteiger partial charge on any atom is 0.387 e. The summed E-state index contributed by atoms with van der Waals surface area (Å²) in [6.45, 7) is 3.78. The normalized spacial score (nSPS) is 14.5. The summed E-state index contributed by atoms with van der Waals surface area (Å²) in [6, 6.07) is 12.1. The average molecular weight is 474 g/mol. The molecule has 1 saturated heterocycles. The lowest BCUT2D eigenvalue weighted by molar-refractivity contribution is -0.0498. The number of aromatic nitrogens is 3. The standard InChI is InChI=1S/C23H25F2N5O2S/c1-15-3-4-17(14-29-9-11-33-12-10-29)13-20(15)26-22(31)21-16(2)30(28-27-21)18-5-7-19(8-6-18)32-23(24)25/h3-8,13,23H,9-12,14H2,1-2H3,(H,26,31). The molecule has 0 aliphatic carbocycles. The van der Waals surface area contributed by atoms with E-state index in [-0.39, 0.29) is 17.4 Å². The molecule has 4 rings (SSSR count). The van der Waals surface area contributed by atoms with E-state index >= 15 is 0 Å². The van der Waals surface area contributed by atoms with E-state index in [2.05, 4.69) is 31.3 Å². The maximum atomic E-state index is 13.0. The van der Waals surface area contributed by atoms with Crippen LogP contribution in [0.15, 0.2) is 42.5 Å². The van der Waals surface area contributed by atoms with Crippen molar-refractivity contribution >= 4 is 23.4 Å². The van der Waals surface area contributed by atoms with E-state index < -0.39 is 6.61 Å². The summed E-state index contributed by atoms with van der Waals surface area (Å²) < 4.78 is 30.6. The zero-order valence-corrected chi connectivity index (χ0v) is 19.2. The van der Waals surface area contributed by atoms with Crippen molar-refractivity contribution in [2.45, 2.75) is 27.0 Å². The molecule has 1 aliphatic heterocycles. The second kappa shape index (κ2) is 10.3. The van der Waals surface area contributed by atoms with Gasteiger partial charge in [0.15, 0.2) is 5.69 Å². The van der Waals surface area contributed by atoms with Gasteiger partial charge in [-0.15, -0.1) is 5.10 Å². The summed E-state index contributed by atoms with van der Waals surface area (Å²) in [6.07, 6.45) is 0. The molecule has 33 heavy (non-hydrogen) atoms. The van der Waals surface area contributed by atoms with E-state index in [1.54, 1.807) is 19.1 Å². The second-order valence-corrected chi connectivity index (χ2v) is 9.02. The van der Waals surface area contributed by atoms with Crippen molar-refractivity contribution < 1.29 is 18.3 Å². The van der Waals surface area contributed by atoms with Gasteiger partial charge < -0.3 is 10.1 Å². The molecule has 174 valence electrons. The van der Waals surface area contributed by atoms with Crippen LogP contribution in [0.3, 0.4) is 0 Å². The molecule has 1 aliphatic rings. The van der Waals surface area contributed by atoms with Crippen molar-refractivity contribution in [1.82, 2.24) is 19.9 Å². The highest BCUT2D eigenvalue weighted by molar-refractivity contribution is 7.99. The number of nitrogens with zero attached hydrogens (tertiary/aromatic N) is 4. The predicted molar refractivity (Wildman–Crippen MR) is 124 cm³/mol. The Balaban J connectivity index is 1.48. The van der Waals surface area contributed by atoms with Crippen LogP contribution < -0.4 is 10.1 Å². The first-order valence-electron chi connectivity index (χ1n) is 10.6. The molecule has 0 atom stereocenters. The number of carbonyl (C=O) groups is 1. The third kappa shape index (κ3) is 5.69. The fourth-order valence-corrected chi connectivity index (χ4v) is 4.63. The number of ether oxygens (including phenoxy) is 1. The van der Waals surface area contributed by atoms with Gasteiger partial charge in [0.1, 0.15) is 5.75 Å². The molecule has 1 fully saturated rings. The molecule has 0 radical (unpaired) electrons. The Morgan fingerprint density at radius 2 is 1.88 bits per heavy atom. The fraction of sp³-hybridized carbons (Fsp3) is 0.348. The molecule has 7 nitrogen and oxygen atoms in total. The van der Waals surface area contributed by atoms with Gasteiger partial charge in [0.2, 0.25) is 0 Å². The van der Waals surface area contributed by atoms with E-state index in [0.717, 1.165) is 48.0 Å². The molecule has 1 amide bonds. The number of hydrogen-bond donors (Lipinski definition) is 1. The molecule has 0 spiro atoms. The second-order valence-electron chi connectivity index (χ2n) is 7.80. The highest BCUT2D eigenvalue weighted by Crippen LogP contribution is 2.22. The molecule has 0 unspecified atom stereocenters. The van der Waals surface area contributed by atoms with Crippen molar-refractivity contribution in [3.63, 3.8) is 0 Å². The van der Waals surface area contributed by atoms with Crippen LogP contribution in [-0.4, -0.2) is 57.0 Å². The molecule has 3 aromatic rings. The Morgan fingerprint density at radius 3 is 2.58 bits per heavy atom. The van der Waals surface area contributed by atoms with Gasteiger partial charge in [-0.1, -0.05) is 17.3 Å². The van der Waals surface area contributed by atoms with Crippen LogP contribution in [0, 0.1) is 13.8 Å². The minimum Gasteiger partial charge on any atom is -0.435 e. The number of rotatable bonds is 7. The van der Waals surface area contributed by atoms with Crippen LogP contribution in [0.4, 0.5) is 14.5 Å². The van der Waals surface area contributed by atoms with Crippen molar-refractivity contribution in [1.29, 1.82) is 0 Å². The van der Waals surface area contributed by atoms with Gasteiger partial charge in [-0.2, -0.15) is 20.5 Å². The van der Waals surface area contributed by atoms with Gasteiger partial charge in [0, 0.05) is 36.8 Å². The Bertz CT molecular complexity index is 1110. The number of amides is 1. The van der Waals surface area contributed by atoms with Crippen molar-refractivity contribution in [2.24, 2.45) is 0 Å². The minimum atomic E-state index is -2.89. The lowest BCUT2D eigenvalue weighted by Gasteiger charge is -2.26. The van der Waals surface area contributed by atoms with Crippen LogP contribution in [0.1, 0.15) is 27.3 Å². The quantitative estimate of drug-likeness (QED) is 0.552. The largest absolute Gasteiger partial charge is 0.435 e. The summed E-state index contributed by atoms with van der Waals surface area (Å²) in [5.41, 5.74) is 4.16. The monoisotopic (exact) mass is 473 g/mol. The zero-order chi connectivity index (χ0) is 23.4. The Kier molecular flexibility index (Phi) is 7.24. The van der Waals surface area contributed by atoms with Gasteiger partial charge >= 0.3 is 6.61 Å². The van der Waals surface area contributed by atoms with Gasteiger partial charge in [-0.3, -0.25) is 9.69 Å². The number of halogens is 2. The summed E-state index contributed by atoms with van der Waals surface area (Å²) in [5.74, 6) is 1.98. The fourth-order valence-electron chi connectivity index (χ4n) is 3.65. The van der Waals surface area contributed by atoms with E-state index in [9.17, 15) is 13.6 Å². The van der Waals surface area contributed by atoms with E-state index in [1.807, 2.05) is 30.8 Å². The minimum absolute atomic E-state index is 0.0446. The van der Waals surface area contributed by atoms with E-state index in [0.29, 0.717) is 11.4 Å². The average Bonchev–Trinajstić information content (AvgIpc) is 3.18. The Hall–Kier alpha value is -2.98. The molecule has 0 bridgehead atoms. The summed E-state index contributed by atoms with van der Waals surface area (Å²) in [5, 5.41) is 11.1. The molecule has 1 aromatic heterocycles.